The minimum atomic E-state index is -5.10. The first-order valence-electron chi connectivity index (χ1n) is 20.5. The first-order valence-corrected chi connectivity index (χ1v) is 22.0. The Morgan fingerprint density at radius 2 is 0.962 bits per heavy atom. The van der Waals surface area contributed by atoms with Crippen LogP contribution in [0.3, 0.4) is 0 Å². The standard InChI is InChI=1S/C39H73O13P/c1-3-5-7-9-11-12-13-14-15-16-17-18-19-20-22-24-26-28-33(41)51-31(29-49-32(40)27-25-23-21-10-8-6-4-2)30-50-53(47,48)52-39-37(45)35(43)34(42)36(44)38(39)46/h14-15,31,34-39,42-46H,3-13,16-30H2,1-2H3,(H,47,48)/b15-14+/t31-,34?,35-,36?,37?,38?,39?/m1/s1. The lowest BCUT2D eigenvalue weighted by molar-refractivity contribution is -0.220. The quantitative estimate of drug-likeness (QED) is 0.0177. The molecule has 312 valence electrons. The number of ether oxygens (including phenoxy) is 2. The highest BCUT2D eigenvalue weighted by molar-refractivity contribution is 7.47. The first-order chi connectivity index (χ1) is 25.4. The monoisotopic (exact) mass is 780 g/mol. The number of aliphatic hydroxyl groups excluding tert-OH is 5. The summed E-state index contributed by atoms with van der Waals surface area (Å²) in [4.78, 5) is 35.4. The van der Waals surface area contributed by atoms with Gasteiger partial charge in [-0.15, -0.1) is 0 Å². The highest BCUT2D eigenvalue weighted by Crippen LogP contribution is 2.47. The number of aliphatic hydroxyl groups is 5. The van der Waals surface area contributed by atoms with Crippen LogP contribution in [-0.4, -0.2) is 98.3 Å². The van der Waals surface area contributed by atoms with Gasteiger partial charge in [-0.25, -0.2) is 4.57 Å². The van der Waals surface area contributed by atoms with E-state index in [4.69, 9.17) is 18.5 Å². The maximum atomic E-state index is 12.7. The molecule has 1 aliphatic rings. The molecule has 8 atom stereocenters. The van der Waals surface area contributed by atoms with Crippen LogP contribution >= 0.6 is 7.82 Å². The second-order valence-corrected chi connectivity index (χ2v) is 15.9. The molecule has 0 saturated heterocycles. The van der Waals surface area contributed by atoms with Crippen LogP contribution in [0.4, 0.5) is 0 Å². The Hall–Kier alpha value is -1.41. The van der Waals surface area contributed by atoms with Crippen molar-refractivity contribution in [3.63, 3.8) is 0 Å². The van der Waals surface area contributed by atoms with Gasteiger partial charge in [0.25, 0.3) is 0 Å². The van der Waals surface area contributed by atoms with Gasteiger partial charge in [-0.3, -0.25) is 18.6 Å². The maximum Gasteiger partial charge on any atom is 0.472 e. The fraction of sp³-hybridized carbons (Fsp3) is 0.897. The summed E-state index contributed by atoms with van der Waals surface area (Å²) in [6, 6.07) is 0. The largest absolute Gasteiger partial charge is 0.472 e. The number of esters is 2. The van der Waals surface area contributed by atoms with Gasteiger partial charge in [0.2, 0.25) is 0 Å². The number of carbonyl (C=O) groups is 2. The Balaban J connectivity index is 2.46. The zero-order chi connectivity index (χ0) is 39.3. The summed E-state index contributed by atoms with van der Waals surface area (Å²) in [6.45, 7) is 3.21. The molecular formula is C39H73O13P. The van der Waals surface area contributed by atoms with Crippen LogP contribution in [0.2, 0.25) is 0 Å². The van der Waals surface area contributed by atoms with Crippen LogP contribution < -0.4 is 0 Å². The van der Waals surface area contributed by atoms with E-state index in [-0.39, 0.29) is 12.8 Å². The predicted molar refractivity (Wildman–Crippen MR) is 203 cm³/mol. The van der Waals surface area contributed by atoms with Crippen molar-refractivity contribution in [1.82, 2.24) is 0 Å². The average molecular weight is 781 g/mol. The molecule has 53 heavy (non-hydrogen) atoms. The lowest BCUT2D eigenvalue weighted by Gasteiger charge is -2.41. The molecule has 6 N–H and O–H groups in total. The van der Waals surface area contributed by atoms with Crippen molar-refractivity contribution < 1.29 is 63.1 Å². The second-order valence-electron chi connectivity index (χ2n) is 14.5. The summed E-state index contributed by atoms with van der Waals surface area (Å²) in [5.41, 5.74) is 0. The van der Waals surface area contributed by atoms with Crippen LogP contribution in [0.5, 0.6) is 0 Å². The van der Waals surface area contributed by atoms with Gasteiger partial charge in [-0.2, -0.15) is 0 Å². The van der Waals surface area contributed by atoms with Gasteiger partial charge >= 0.3 is 19.8 Å². The summed E-state index contributed by atoms with van der Waals surface area (Å²) >= 11 is 0. The van der Waals surface area contributed by atoms with Crippen LogP contribution in [0.15, 0.2) is 12.2 Å². The molecule has 1 fully saturated rings. The smallest absolute Gasteiger partial charge is 0.462 e. The number of hydrogen-bond acceptors (Lipinski definition) is 12. The summed E-state index contributed by atoms with van der Waals surface area (Å²) in [5, 5.41) is 49.9. The molecule has 0 radical (unpaired) electrons. The normalized spacial score (nSPS) is 23.5. The Kier molecular flexibility index (Phi) is 28.8. The molecule has 14 heteroatoms. The Bertz CT molecular complexity index is 996. The Morgan fingerprint density at radius 1 is 0.566 bits per heavy atom. The van der Waals surface area contributed by atoms with E-state index in [1.165, 1.54) is 64.2 Å². The number of phosphoric acid groups is 1. The molecule has 6 unspecified atom stereocenters. The van der Waals surface area contributed by atoms with E-state index in [0.29, 0.717) is 12.8 Å². The summed E-state index contributed by atoms with van der Waals surface area (Å²) < 4.78 is 33.3. The molecular weight excluding hydrogens is 707 g/mol. The minimum absolute atomic E-state index is 0.0950. The number of carbonyl (C=O) groups excluding carboxylic acids is 2. The second kappa shape index (κ2) is 30.8. The Labute approximate surface area is 318 Å². The molecule has 1 aliphatic carbocycles. The molecule has 13 nitrogen and oxygen atoms in total. The highest BCUT2D eigenvalue weighted by Gasteiger charge is 2.51. The van der Waals surface area contributed by atoms with E-state index in [9.17, 15) is 44.6 Å². The van der Waals surface area contributed by atoms with Crippen molar-refractivity contribution >= 4 is 19.8 Å². The van der Waals surface area contributed by atoms with Crippen molar-refractivity contribution in [2.24, 2.45) is 0 Å². The first kappa shape index (κ1) is 49.6. The van der Waals surface area contributed by atoms with Crippen molar-refractivity contribution in [1.29, 1.82) is 0 Å². The molecule has 0 aromatic heterocycles. The molecule has 0 aromatic carbocycles. The van der Waals surface area contributed by atoms with Crippen LogP contribution in [0, 0.1) is 0 Å². The van der Waals surface area contributed by atoms with Crippen molar-refractivity contribution in [3.8, 4) is 0 Å². The van der Waals surface area contributed by atoms with Gasteiger partial charge in [-0.05, 0) is 38.5 Å². The minimum Gasteiger partial charge on any atom is -0.462 e. The maximum absolute atomic E-state index is 12.7. The third kappa shape index (κ3) is 24.0. The Morgan fingerprint density at radius 3 is 1.43 bits per heavy atom. The number of rotatable bonds is 33. The van der Waals surface area contributed by atoms with Gasteiger partial charge in [0, 0.05) is 12.8 Å². The molecule has 1 rings (SSSR count). The van der Waals surface area contributed by atoms with E-state index in [1.807, 2.05) is 0 Å². The van der Waals surface area contributed by atoms with Gasteiger partial charge in [0.1, 0.15) is 43.2 Å². The lowest BCUT2D eigenvalue weighted by atomic mass is 9.85. The van der Waals surface area contributed by atoms with E-state index < -0.39 is 75.7 Å². The molecule has 1 saturated carbocycles. The molecule has 0 bridgehead atoms. The molecule has 0 amide bonds. The number of allylic oxidation sites excluding steroid dienone is 2. The predicted octanol–water partition coefficient (Wildman–Crippen LogP) is 6.72. The molecule has 0 heterocycles. The highest BCUT2D eigenvalue weighted by atomic mass is 31.2. The van der Waals surface area contributed by atoms with Crippen molar-refractivity contribution in [3.05, 3.63) is 12.2 Å². The van der Waals surface area contributed by atoms with E-state index in [1.54, 1.807) is 0 Å². The van der Waals surface area contributed by atoms with Crippen LogP contribution in [0.1, 0.15) is 168 Å². The third-order valence-electron chi connectivity index (χ3n) is 9.61. The van der Waals surface area contributed by atoms with Gasteiger partial charge in [-0.1, -0.05) is 129 Å². The van der Waals surface area contributed by atoms with Crippen LogP contribution in [0.25, 0.3) is 0 Å². The van der Waals surface area contributed by atoms with Gasteiger partial charge in [0.15, 0.2) is 6.10 Å². The number of phosphoric ester groups is 1. The fourth-order valence-electron chi connectivity index (χ4n) is 6.22. The molecule has 0 spiro atoms. The summed E-state index contributed by atoms with van der Waals surface area (Å²) in [6.07, 6.45) is 16.0. The van der Waals surface area contributed by atoms with Crippen molar-refractivity contribution in [2.45, 2.75) is 211 Å². The van der Waals surface area contributed by atoms with Gasteiger partial charge in [0.05, 0.1) is 6.61 Å². The summed E-state index contributed by atoms with van der Waals surface area (Å²) in [7, 11) is -5.10. The molecule has 0 aliphatic heterocycles. The zero-order valence-electron chi connectivity index (χ0n) is 32.6. The van der Waals surface area contributed by atoms with Crippen LogP contribution in [-0.2, 0) is 32.7 Å². The number of hydrogen-bond donors (Lipinski definition) is 6. The van der Waals surface area contributed by atoms with Gasteiger partial charge < -0.3 is 39.9 Å². The third-order valence-corrected chi connectivity index (χ3v) is 10.6. The lowest BCUT2D eigenvalue weighted by Crippen LogP contribution is -2.64. The van der Waals surface area contributed by atoms with Crippen molar-refractivity contribution in [2.75, 3.05) is 13.2 Å². The zero-order valence-corrected chi connectivity index (χ0v) is 33.5. The van der Waals surface area contributed by atoms with E-state index >= 15 is 0 Å². The SMILES string of the molecule is CCCCCCCC/C=C/CCCCCCCCCC(=O)O[C@H](COC(=O)CCCCCCCCC)COP(=O)(O)OC1C(O)C(O)C(O)[C@@H](O)C1O. The number of unbranched alkanes of at least 4 members (excludes halogenated alkanes) is 19. The fourth-order valence-corrected chi connectivity index (χ4v) is 7.19. The summed E-state index contributed by atoms with van der Waals surface area (Å²) in [5.74, 6) is -1.11. The van der Waals surface area contributed by atoms with E-state index in [0.717, 1.165) is 64.2 Å². The molecule has 0 aromatic rings. The topological polar surface area (TPSA) is 210 Å². The average Bonchev–Trinajstić information content (AvgIpc) is 3.13. The van der Waals surface area contributed by atoms with E-state index in [2.05, 4.69) is 26.0 Å².